The van der Waals surface area contributed by atoms with Crippen molar-refractivity contribution in [1.29, 1.82) is 0 Å². The lowest BCUT2D eigenvalue weighted by Crippen LogP contribution is -2.24. The van der Waals surface area contributed by atoms with Crippen molar-refractivity contribution < 1.29 is 13.9 Å². The smallest absolute Gasteiger partial charge is 0.255 e. The highest BCUT2D eigenvalue weighted by atomic mass is 16.5. The van der Waals surface area contributed by atoms with Crippen LogP contribution in [0.25, 0.3) is 5.69 Å². The minimum absolute atomic E-state index is 0.108. The third-order valence-corrected chi connectivity index (χ3v) is 4.57. The number of nitrogens with one attached hydrogen (secondary N) is 1. The minimum atomic E-state index is -0.108. The monoisotopic (exact) mass is 381 g/mol. The number of aromatic nitrogens is 2. The quantitative estimate of drug-likeness (QED) is 0.600. The molecule has 0 radical (unpaired) electrons. The first-order chi connectivity index (χ1) is 13.7. The molecular weight excluding hydrogens is 354 g/mol. The van der Waals surface area contributed by atoms with Crippen LogP contribution in [-0.4, -0.2) is 22.8 Å². The van der Waals surface area contributed by atoms with Gasteiger partial charge in [-0.05, 0) is 49.2 Å². The molecule has 0 saturated heterocycles. The van der Waals surface area contributed by atoms with E-state index in [-0.39, 0.29) is 5.91 Å². The van der Waals surface area contributed by atoms with Crippen LogP contribution in [0.3, 0.4) is 0 Å². The number of methoxy groups -OCH3 is 1. The van der Waals surface area contributed by atoms with Gasteiger partial charge in [0.25, 0.3) is 5.91 Å². The van der Waals surface area contributed by atoms with Crippen molar-refractivity contribution in [2.75, 3.05) is 7.11 Å². The fourth-order valence-electron chi connectivity index (χ4n) is 3.25. The highest BCUT2D eigenvalue weighted by Gasteiger charge is 2.23. The van der Waals surface area contributed by atoms with Crippen LogP contribution in [0.15, 0.2) is 47.1 Å². The molecule has 1 N–H and O–H groups in total. The molecule has 0 fully saturated rings. The highest BCUT2D eigenvalue weighted by molar-refractivity contribution is 5.96. The van der Waals surface area contributed by atoms with Crippen LogP contribution in [0.1, 0.15) is 54.2 Å². The Bertz CT molecular complexity index is 896. The number of benzene rings is 1. The molecule has 1 amide bonds. The molecule has 3 rings (SSSR count). The van der Waals surface area contributed by atoms with Gasteiger partial charge in [0, 0.05) is 0 Å². The molecule has 148 valence electrons. The molecule has 0 bridgehead atoms. The Kier molecular flexibility index (Phi) is 6.53. The molecule has 3 aromatic rings. The van der Waals surface area contributed by atoms with Gasteiger partial charge >= 0.3 is 0 Å². The second-order valence-electron chi connectivity index (χ2n) is 6.64. The van der Waals surface area contributed by atoms with Crippen molar-refractivity contribution in [1.82, 2.24) is 15.1 Å². The number of ether oxygens (including phenoxy) is 1. The van der Waals surface area contributed by atoms with Crippen LogP contribution in [0, 0.1) is 0 Å². The zero-order valence-electron chi connectivity index (χ0n) is 16.7. The van der Waals surface area contributed by atoms with E-state index >= 15 is 0 Å². The largest absolute Gasteiger partial charge is 0.497 e. The van der Waals surface area contributed by atoms with E-state index in [2.05, 4.69) is 19.2 Å². The van der Waals surface area contributed by atoms with E-state index in [9.17, 15) is 4.79 Å². The zero-order chi connectivity index (χ0) is 19.9. The Labute approximate surface area is 165 Å². The van der Waals surface area contributed by atoms with Crippen LogP contribution in [0.2, 0.25) is 0 Å². The van der Waals surface area contributed by atoms with Gasteiger partial charge in [-0.1, -0.05) is 26.7 Å². The normalized spacial score (nSPS) is 10.8. The Morgan fingerprint density at radius 3 is 2.50 bits per heavy atom. The Hall–Kier alpha value is -3.02. The van der Waals surface area contributed by atoms with Crippen molar-refractivity contribution in [3.8, 4) is 11.4 Å². The summed E-state index contributed by atoms with van der Waals surface area (Å²) in [5.41, 5.74) is 3.38. The van der Waals surface area contributed by atoms with E-state index in [0.29, 0.717) is 12.1 Å². The van der Waals surface area contributed by atoms with Crippen LogP contribution >= 0.6 is 0 Å². The number of carbonyl (C=O) groups is 1. The van der Waals surface area contributed by atoms with Gasteiger partial charge in [-0.3, -0.25) is 4.79 Å². The van der Waals surface area contributed by atoms with Gasteiger partial charge in [0.05, 0.1) is 42.6 Å². The van der Waals surface area contributed by atoms with Gasteiger partial charge in [0.1, 0.15) is 11.5 Å². The van der Waals surface area contributed by atoms with Gasteiger partial charge in [-0.2, -0.15) is 5.10 Å². The number of hydrogen-bond acceptors (Lipinski definition) is 4. The van der Waals surface area contributed by atoms with Crippen molar-refractivity contribution in [3.63, 3.8) is 0 Å². The maximum absolute atomic E-state index is 13.1. The lowest BCUT2D eigenvalue weighted by Gasteiger charge is -2.10. The molecule has 2 heterocycles. The van der Waals surface area contributed by atoms with Gasteiger partial charge in [-0.15, -0.1) is 0 Å². The zero-order valence-corrected chi connectivity index (χ0v) is 16.7. The second-order valence-corrected chi connectivity index (χ2v) is 6.64. The van der Waals surface area contributed by atoms with Gasteiger partial charge < -0.3 is 14.5 Å². The standard InChI is InChI=1S/C22H27N3O3/c1-4-7-19-21(22(26)23-15-18-9-6-14-28-18)20(8-5-2)25(24-19)16-10-12-17(27-3)13-11-16/h6,9-14H,4-5,7-8,15H2,1-3H3,(H,23,26). The summed E-state index contributed by atoms with van der Waals surface area (Å²) < 4.78 is 12.5. The summed E-state index contributed by atoms with van der Waals surface area (Å²) in [6, 6.07) is 11.4. The highest BCUT2D eigenvalue weighted by Crippen LogP contribution is 2.23. The van der Waals surface area contributed by atoms with Gasteiger partial charge in [0.15, 0.2) is 0 Å². The lowest BCUT2D eigenvalue weighted by molar-refractivity contribution is 0.0946. The fraction of sp³-hybridized carbons (Fsp3) is 0.364. The number of aryl methyl sites for hydroxylation is 1. The van der Waals surface area contributed by atoms with Crippen LogP contribution < -0.4 is 10.1 Å². The summed E-state index contributed by atoms with van der Waals surface area (Å²) in [4.78, 5) is 13.1. The second kappa shape index (κ2) is 9.26. The molecule has 1 aromatic carbocycles. The van der Waals surface area contributed by atoms with E-state index in [1.165, 1.54) is 0 Å². The maximum Gasteiger partial charge on any atom is 0.255 e. The van der Waals surface area contributed by atoms with E-state index in [4.69, 9.17) is 14.3 Å². The molecular formula is C22H27N3O3. The molecule has 0 aliphatic carbocycles. The number of hydrogen-bond donors (Lipinski definition) is 1. The van der Waals surface area contributed by atoms with Crippen LogP contribution in [0.5, 0.6) is 5.75 Å². The average Bonchev–Trinajstić information content (AvgIpc) is 3.35. The Balaban J connectivity index is 1.98. The van der Waals surface area contributed by atoms with Crippen molar-refractivity contribution >= 4 is 5.91 Å². The third kappa shape index (κ3) is 4.27. The van der Waals surface area contributed by atoms with E-state index in [0.717, 1.165) is 54.3 Å². The fourth-order valence-corrected chi connectivity index (χ4v) is 3.25. The molecule has 0 atom stereocenters. The summed E-state index contributed by atoms with van der Waals surface area (Å²) in [5, 5.41) is 7.78. The molecule has 0 aliphatic rings. The molecule has 0 saturated carbocycles. The van der Waals surface area contributed by atoms with Crippen molar-refractivity contribution in [3.05, 3.63) is 65.4 Å². The predicted molar refractivity (Wildman–Crippen MR) is 108 cm³/mol. The predicted octanol–water partition coefficient (Wildman–Crippen LogP) is 4.31. The minimum Gasteiger partial charge on any atom is -0.497 e. The number of nitrogens with zero attached hydrogens (tertiary/aromatic N) is 2. The first-order valence-corrected chi connectivity index (χ1v) is 9.73. The molecule has 6 heteroatoms. The summed E-state index contributed by atoms with van der Waals surface area (Å²) in [6.45, 7) is 4.56. The van der Waals surface area contributed by atoms with Gasteiger partial charge in [0.2, 0.25) is 0 Å². The maximum atomic E-state index is 13.1. The summed E-state index contributed by atoms with van der Waals surface area (Å²) in [7, 11) is 1.65. The number of amides is 1. The first kappa shape index (κ1) is 19.7. The first-order valence-electron chi connectivity index (χ1n) is 9.73. The van der Waals surface area contributed by atoms with E-state index in [1.807, 2.05) is 41.1 Å². The molecule has 0 spiro atoms. The average molecular weight is 381 g/mol. The SMILES string of the molecule is CCCc1nn(-c2ccc(OC)cc2)c(CCC)c1C(=O)NCc1ccco1. The van der Waals surface area contributed by atoms with E-state index in [1.54, 1.807) is 13.4 Å². The van der Waals surface area contributed by atoms with Crippen LogP contribution in [0.4, 0.5) is 0 Å². The van der Waals surface area contributed by atoms with E-state index < -0.39 is 0 Å². The Morgan fingerprint density at radius 1 is 1.14 bits per heavy atom. The summed E-state index contributed by atoms with van der Waals surface area (Å²) >= 11 is 0. The number of carbonyl (C=O) groups excluding carboxylic acids is 1. The summed E-state index contributed by atoms with van der Waals surface area (Å²) in [6.07, 6.45) is 4.97. The topological polar surface area (TPSA) is 69.3 Å². The summed E-state index contributed by atoms with van der Waals surface area (Å²) in [5.74, 6) is 1.41. The third-order valence-electron chi connectivity index (χ3n) is 4.57. The molecule has 28 heavy (non-hydrogen) atoms. The molecule has 0 unspecified atom stereocenters. The van der Waals surface area contributed by atoms with Crippen molar-refractivity contribution in [2.45, 2.75) is 46.1 Å². The van der Waals surface area contributed by atoms with Crippen LogP contribution in [-0.2, 0) is 19.4 Å². The lowest BCUT2D eigenvalue weighted by atomic mass is 10.1. The number of rotatable bonds is 9. The van der Waals surface area contributed by atoms with Gasteiger partial charge in [-0.25, -0.2) is 4.68 Å². The number of furan rings is 1. The Morgan fingerprint density at radius 2 is 1.89 bits per heavy atom. The van der Waals surface area contributed by atoms with Crippen molar-refractivity contribution in [2.24, 2.45) is 0 Å². The molecule has 2 aromatic heterocycles. The molecule has 6 nitrogen and oxygen atoms in total. The molecule has 0 aliphatic heterocycles.